The Labute approximate surface area is 93.7 Å². The summed E-state index contributed by atoms with van der Waals surface area (Å²) in [7, 11) is 0. The molecule has 0 spiro atoms. The Morgan fingerprint density at radius 2 is 2.25 bits per heavy atom. The number of benzene rings is 1. The lowest BCUT2D eigenvalue weighted by atomic mass is 10.0. The lowest BCUT2D eigenvalue weighted by Gasteiger charge is -2.22. The molecule has 0 aliphatic carbocycles. The molecule has 0 aromatic heterocycles. The Morgan fingerprint density at radius 3 is 2.88 bits per heavy atom. The van der Waals surface area contributed by atoms with Crippen molar-refractivity contribution in [2.75, 3.05) is 0 Å². The molecule has 0 amide bonds. The number of guanidine groups is 1. The highest BCUT2D eigenvalue weighted by Gasteiger charge is 2.29. The first-order chi connectivity index (χ1) is 7.59. The van der Waals surface area contributed by atoms with Crippen LogP contribution in [-0.4, -0.2) is 21.8 Å². The van der Waals surface area contributed by atoms with Crippen LogP contribution in [0.5, 0.6) is 5.75 Å². The van der Waals surface area contributed by atoms with Gasteiger partial charge >= 0.3 is 0 Å². The van der Waals surface area contributed by atoms with Crippen LogP contribution in [0.2, 0.25) is 0 Å². The van der Waals surface area contributed by atoms with Crippen molar-refractivity contribution in [3.8, 4) is 5.75 Å². The molecule has 0 fully saturated rings. The van der Waals surface area contributed by atoms with Gasteiger partial charge in [-0.3, -0.25) is 5.41 Å². The second-order valence-corrected chi connectivity index (χ2v) is 3.84. The summed E-state index contributed by atoms with van der Waals surface area (Å²) in [5, 5.41) is 22.8. The van der Waals surface area contributed by atoms with Gasteiger partial charge in [-0.05, 0) is 13.0 Å². The van der Waals surface area contributed by atoms with Crippen LogP contribution in [-0.2, 0) is 0 Å². The summed E-state index contributed by atoms with van der Waals surface area (Å²) in [4.78, 5) is 0. The number of rotatable bonds is 1. The van der Waals surface area contributed by atoms with E-state index in [1.54, 1.807) is 12.1 Å². The molecule has 4 N–H and O–H groups in total. The van der Waals surface area contributed by atoms with Crippen molar-refractivity contribution in [2.45, 2.75) is 19.4 Å². The van der Waals surface area contributed by atoms with Crippen LogP contribution in [0.15, 0.2) is 29.4 Å². The molecule has 1 aromatic rings. The van der Waals surface area contributed by atoms with Gasteiger partial charge in [0.05, 0.1) is 6.04 Å². The molecular weight excluding hydrogens is 204 g/mol. The van der Waals surface area contributed by atoms with E-state index in [2.05, 4.69) is 5.10 Å². The highest BCUT2D eigenvalue weighted by molar-refractivity contribution is 5.88. The lowest BCUT2D eigenvalue weighted by molar-refractivity contribution is 0.349. The van der Waals surface area contributed by atoms with Crippen LogP contribution in [0.25, 0.3) is 0 Å². The summed E-state index contributed by atoms with van der Waals surface area (Å²) in [5.74, 6) is 0.105. The summed E-state index contributed by atoms with van der Waals surface area (Å²) in [6.45, 7) is 1.88. The first kappa shape index (κ1) is 10.5. The maximum Gasteiger partial charge on any atom is 0.209 e. The molecule has 0 radical (unpaired) electrons. The topological polar surface area (TPSA) is 85.7 Å². The fourth-order valence-corrected chi connectivity index (χ4v) is 1.89. The van der Waals surface area contributed by atoms with Crippen molar-refractivity contribution in [2.24, 2.45) is 10.8 Å². The van der Waals surface area contributed by atoms with Crippen molar-refractivity contribution in [1.29, 1.82) is 5.41 Å². The van der Waals surface area contributed by atoms with Crippen LogP contribution in [0.1, 0.15) is 24.9 Å². The Kier molecular flexibility index (Phi) is 2.52. The summed E-state index contributed by atoms with van der Waals surface area (Å²) >= 11 is 0. The zero-order chi connectivity index (χ0) is 11.7. The number of para-hydroxylation sites is 1. The fraction of sp³-hybridized carbons (Fsp3) is 0.273. The molecule has 5 heteroatoms. The van der Waals surface area contributed by atoms with Gasteiger partial charge in [0.25, 0.3) is 0 Å². The molecule has 1 unspecified atom stereocenters. The van der Waals surface area contributed by atoms with E-state index in [4.69, 9.17) is 11.1 Å². The number of nitrogens with zero attached hydrogens (tertiary/aromatic N) is 2. The SMILES string of the molecule is CC1=NN(C(=N)N)C(c2ccccc2O)C1. The van der Waals surface area contributed by atoms with Gasteiger partial charge in [0, 0.05) is 17.7 Å². The molecule has 1 heterocycles. The van der Waals surface area contributed by atoms with Crippen LogP contribution < -0.4 is 5.73 Å². The van der Waals surface area contributed by atoms with E-state index in [0.29, 0.717) is 6.42 Å². The van der Waals surface area contributed by atoms with E-state index in [1.165, 1.54) is 5.01 Å². The third-order valence-corrected chi connectivity index (χ3v) is 2.61. The molecule has 0 saturated carbocycles. The van der Waals surface area contributed by atoms with Crippen molar-refractivity contribution in [3.05, 3.63) is 29.8 Å². The molecule has 0 bridgehead atoms. The van der Waals surface area contributed by atoms with Crippen LogP contribution >= 0.6 is 0 Å². The summed E-state index contributed by atoms with van der Waals surface area (Å²) < 4.78 is 0. The van der Waals surface area contributed by atoms with Crippen LogP contribution in [0.3, 0.4) is 0 Å². The van der Waals surface area contributed by atoms with Crippen molar-refractivity contribution in [3.63, 3.8) is 0 Å². The van der Waals surface area contributed by atoms with E-state index < -0.39 is 0 Å². The van der Waals surface area contributed by atoms with Crippen LogP contribution in [0.4, 0.5) is 0 Å². The minimum atomic E-state index is -0.168. The van der Waals surface area contributed by atoms with Crippen molar-refractivity contribution < 1.29 is 5.11 Å². The quantitative estimate of drug-likeness (QED) is 0.492. The molecule has 84 valence electrons. The smallest absolute Gasteiger partial charge is 0.209 e. The average Bonchev–Trinajstić information content (AvgIpc) is 2.61. The van der Waals surface area contributed by atoms with Gasteiger partial charge in [0.2, 0.25) is 5.96 Å². The number of nitrogens with one attached hydrogen (secondary N) is 1. The van der Waals surface area contributed by atoms with Gasteiger partial charge < -0.3 is 10.8 Å². The van der Waals surface area contributed by atoms with Gasteiger partial charge in [-0.15, -0.1) is 0 Å². The highest BCUT2D eigenvalue weighted by Crippen LogP contribution is 2.34. The highest BCUT2D eigenvalue weighted by atomic mass is 16.3. The van der Waals surface area contributed by atoms with Gasteiger partial charge in [-0.2, -0.15) is 5.10 Å². The molecule has 16 heavy (non-hydrogen) atoms. The Hall–Kier alpha value is -2.04. The lowest BCUT2D eigenvalue weighted by Crippen LogP contribution is -2.32. The van der Waals surface area contributed by atoms with Gasteiger partial charge in [-0.1, -0.05) is 18.2 Å². The van der Waals surface area contributed by atoms with Gasteiger partial charge in [0.15, 0.2) is 0 Å². The summed E-state index contributed by atoms with van der Waals surface area (Å²) in [6, 6.07) is 6.89. The Bertz CT molecular complexity index is 455. The number of phenolic OH excluding ortho intramolecular Hbond substituents is 1. The predicted molar refractivity (Wildman–Crippen MR) is 62.3 cm³/mol. The molecule has 1 aromatic carbocycles. The molecule has 1 aliphatic rings. The number of aromatic hydroxyl groups is 1. The summed E-state index contributed by atoms with van der Waals surface area (Å²) in [6.07, 6.45) is 0.678. The third kappa shape index (κ3) is 1.71. The molecule has 1 aliphatic heterocycles. The van der Waals surface area contributed by atoms with Crippen molar-refractivity contribution >= 4 is 11.7 Å². The first-order valence-corrected chi connectivity index (χ1v) is 5.05. The molecule has 0 saturated heterocycles. The fourth-order valence-electron chi connectivity index (χ4n) is 1.89. The standard InChI is InChI=1S/C11H14N4O/c1-7-6-9(15(14-7)11(12)13)8-4-2-3-5-10(8)16/h2-5,9,16H,6H2,1H3,(H3,12,13). The number of hydrogen-bond acceptors (Lipinski definition) is 3. The van der Waals surface area contributed by atoms with Crippen LogP contribution in [0, 0.1) is 5.41 Å². The zero-order valence-corrected chi connectivity index (χ0v) is 9.01. The number of hydrazone groups is 1. The molecule has 1 atom stereocenters. The van der Waals surface area contributed by atoms with Crippen molar-refractivity contribution in [1.82, 2.24) is 5.01 Å². The van der Waals surface area contributed by atoms with E-state index in [-0.39, 0.29) is 17.8 Å². The predicted octanol–water partition coefficient (Wildman–Crippen LogP) is 1.41. The zero-order valence-electron chi connectivity index (χ0n) is 9.01. The van der Waals surface area contributed by atoms with E-state index >= 15 is 0 Å². The normalized spacial score (nSPS) is 19.7. The number of phenols is 1. The molecule has 5 nitrogen and oxygen atoms in total. The van der Waals surface area contributed by atoms with E-state index in [0.717, 1.165) is 11.3 Å². The molecular formula is C11H14N4O. The maximum absolute atomic E-state index is 9.77. The minimum absolute atomic E-state index is 0.106. The Balaban J connectivity index is 2.36. The maximum atomic E-state index is 9.77. The minimum Gasteiger partial charge on any atom is -0.508 e. The van der Waals surface area contributed by atoms with E-state index in [9.17, 15) is 5.11 Å². The second-order valence-electron chi connectivity index (χ2n) is 3.84. The second kappa shape index (κ2) is 3.84. The summed E-state index contributed by atoms with van der Waals surface area (Å²) in [5.41, 5.74) is 7.11. The van der Waals surface area contributed by atoms with E-state index in [1.807, 2.05) is 19.1 Å². The largest absolute Gasteiger partial charge is 0.508 e. The third-order valence-electron chi connectivity index (χ3n) is 2.61. The molecule has 2 rings (SSSR count). The number of hydrogen-bond donors (Lipinski definition) is 3. The van der Waals surface area contributed by atoms with Gasteiger partial charge in [0.1, 0.15) is 5.75 Å². The monoisotopic (exact) mass is 218 g/mol. The van der Waals surface area contributed by atoms with Gasteiger partial charge in [-0.25, -0.2) is 5.01 Å². The number of nitrogens with two attached hydrogens (primary N) is 1. The first-order valence-electron chi connectivity index (χ1n) is 5.05. The Morgan fingerprint density at radius 1 is 1.56 bits per heavy atom. The average molecular weight is 218 g/mol.